The average molecular weight is 545 g/mol. The first-order valence-corrected chi connectivity index (χ1v) is 12.9. The summed E-state index contributed by atoms with van der Waals surface area (Å²) >= 11 is 6.71. The number of carbonyl (C=O) groups is 1. The third-order valence-corrected chi connectivity index (χ3v) is 7.93. The van der Waals surface area contributed by atoms with Crippen molar-refractivity contribution in [1.82, 2.24) is 14.3 Å². The smallest absolute Gasteiger partial charge is 0.407 e. The lowest BCUT2D eigenvalue weighted by atomic mass is 9.81. The second-order valence-electron chi connectivity index (χ2n) is 7.81. The molecule has 0 saturated carbocycles. The number of aromatic nitrogens is 2. The van der Waals surface area contributed by atoms with Gasteiger partial charge in [-0.2, -0.15) is 4.37 Å². The number of rotatable bonds is 7. The first-order chi connectivity index (χ1) is 16.6. The molecule has 35 heavy (non-hydrogen) atoms. The maximum absolute atomic E-state index is 14.7. The number of carboxylic acid groups (broad SMARTS) is 1. The Morgan fingerprint density at radius 3 is 2.66 bits per heavy atom. The van der Waals surface area contributed by atoms with E-state index in [1.807, 2.05) is 16.9 Å². The lowest BCUT2D eigenvalue weighted by molar-refractivity contribution is 0.0927. The maximum atomic E-state index is 14.7. The zero-order chi connectivity index (χ0) is 25.2. The van der Waals surface area contributed by atoms with Crippen LogP contribution in [-0.4, -0.2) is 53.6 Å². The van der Waals surface area contributed by atoms with E-state index in [2.05, 4.69) is 9.36 Å². The number of piperidine rings is 1. The third-order valence-electron chi connectivity index (χ3n) is 5.61. The van der Waals surface area contributed by atoms with Gasteiger partial charge in [0.15, 0.2) is 11.6 Å². The zero-order valence-electron chi connectivity index (χ0n) is 17.9. The van der Waals surface area contributed by atoms with Gasteiger partial charge in [-0.15, -0.1) is 0 Å². The monoisotopic (exact) mass is 544 g/mol. The fraction of sp³-hybridized carbons (Fsp3) is 0.286. The maximum Gasteiger partial charge on any atom is 0.407 e. The molecule has 186 valence electrons. The highest BCUT2D eigenvalue weighted by atomic mass is 35.5. The van der Waals surface area contributed by atoms with Crippen molar-refractivity contribution in [3.8, 4) is 5.75 Å². The van der Waals surface area contributed by atoms with Crippen molar-refractivity contribution < 1.29 is 31.8 Å². The standard InChI is InChI=1S/C21H19ClF2N4O5S2/c22-14-3-1-12(2-4-14)15-5-6-28(21(29)30)9-13(15)10-33-18-7-17(24)19(8-16(18)23)35(31,32)27-20-25-11-26-34-20/h1-4,7-8,11,13,15H,5-6,9-10H2,(H,29,30)(H,25,26,27)/t13-,15-/m0/s1. The molecular formula is C21H19ClF2N4O5S2. The van der Waals surface area contributed by atoms with E-state index in [0.29, 0.717) is 30.1 Å². The van der Waals surface area contributed by atoms with Crippen molar-refractivity contribution in [1.29, 1.82) is 0 Å². The van der Waals surface area contributed by atoms with Crippen LogP contribution in [0.4, 0.5) is 18.7 Å². The van der Waals surface area contributed by atoms with Crippen LogP contribution in [0.15, 0.2) is 47.6 Å². The van der Waals surface area contributed by atoms with E-state index in [1.54, 1.807) is 12.1 Å². The van der Waals surface area contributed by atoms with Gasteiger partial charge in [0.2, 0.25) is 5.13 Å². The molecule has 0 bridgehead atoms. The lowest BCUT2D eigenvalue weighted by Crippen LogP contribution is -2.44. The Kier molecular flexibility index (Phi) is 7.38. The molecule has 2 heterocycles. The fourth-order valence-corrected chi connectivity index (χ4v) is 5.79. The molecule has 0 radical (unpaired) electrons. The Balaban J connectivity index is 1.53. The van der Waals surface area contributed by atoms with Crippen LogP contribution in [0.3, 0.4) is 0 Å². The van der Waals surface area contributed by atoms with Crippen LogP contribution >= 0.6 is 23.1 Å². The number of likely N-dealkylation sites (tertiary alicyclic amines) is 1. The Morgan fingerprint density at radius 1 is 1.26 bits per heavy atom. The number of nitrogens with one attached hydrogen (secondary N) is 1. The predicted octanol–water partition coefficient (Wildman–Crippen LogP) is 4.43. The summed E-state index contributed by atoms with van der Waals surface area (Å²) in [5, 5.41) is 9.86. The minimum absolute atomic E-state index is 0.0985. The minimum Gasteiger partial charge on any atom is -0.490 e. The number of nitrogens with zero attached hydrogens (tertiary/aromatic N) is 3. The van der Waals surface area contributed by atoms with E-state index >= 15 is 0 Å². The van der Waals surface area contributed by atoms with Gasteiger partial charge in [0.25, 0.3) is 10.0 Å². The van der Waals surface area contributed by atoms with Gasteiger partial charge in [-0.05, 0) is 30.0 Å². The van der Waals surface area contributed by atoms with Gasteiger partial charge in [0.05, 0.1) is 6.61 Å². The molecule has 1 aromatic heterocycles. The number of hydrogen-bond donors (Lipinski definition) is 2. The van der Waals surface area contributed by atoms with Crippen LogP contribution < -0.4 is 9.46 Å². The summed E-state index contributed by atoms with van der Waals surface area (Å²) in [6, 6.07) is 8.29. The molecule has 1 saturated heterocycles. The average Bonchev–Trinajstić information content (AvgIpc) is 3.32. The summed E-state index contributed by atoms with van der Waals surface area (Å²) in [5.41, 5.74) is 0.920. The quantitative estimate of drug-likeness (QED) is 0.451. The van der Waals surface area contributed by atoms with Crippen molar-refractivity contribution in [2.24, 2.45) is 5.92 Å². The minimum atomic E-state index is -4.45. The molecule has 1 fully saturated rings. The summed E-state index contributed by atoms with van der Waals surface area (Å²) in [6.07, 6.45) is 0.539. The highest BCUT2D eigenvalue weighted by Gasteiger charge is 2.33. The van der Waals surface area contributed by atoms with Crippen LogP contribution in [0.5, 0.6) is 5.75 Å². The first kappa shape index (κ1) is 25.1. The van der Waals surface area contributed by atoms with E-state index in [-0.39, 0.29) is 30.1 Å². The summed E-state index contributed by atoms with van der Waals surface area (Å²) in [7, 11) is -4.45. The molecule has 2 N–H and O–H groups in total. The number of amides is 1. The van der Waals surface area contributed by atoms with Crippen LogP contribution in [0.2, 0.25) is 5.02 Å². The Morgan fingerprint density at radius 2 is 2.00 bits per heavy atom. The normalized spacial score (nSPS) is 18.3. The Bertz CT molecular complexity index is 1310. The van der Waals surface area contributed by atoms with Gasteiger partial charge < -0.3 is 14.7 Å². The second-order valence-corrected chi connectivity index (χ2v) is 10.7. The van der Waals surface area contributed by atoms with Crippen molar-refractivity contribution in [2.45, 2.75) is 17.2 Å². The molecule has 2 atom stereocenters. The second kappa shape index (κ2) is 10.3. The van der Waals surface area contributed by atoms with Crippen molar-refractivity contribution in [2.75, 3.05) is 24.4 Å². The highest BCUT2D eigenvalue weighted by molar-refractivity contribution is 7.93. The highest BCUT2D eigenvalue weighted by Crippen LogP contribution is 2.35. The van der Waals surface area contributed by atoms with E-state index in [0.717, 1.165) is 23.4 Å². The molecule has 0 aliphatic carbocycles. The van der Waals surface area contributed by atoms with E-state index in [9.17, 15) is 27.1 Å². The van der Waals surface area contributed by atoms with Gasteiger partial charge in [-0.25, -0.2) is 27.0 Å². The number of sulfonamides is 1. The predicted molar refractivity (Wildman–Crippen MR) is 124 cm³/mol. The van der Waals surface area contributed by atoms with Gasteiger partial charge in [-0.1, -0.05) is 23.7 Å². The van der Waals surface area contributed by atoms with Crippen LogP contribution in [0, 0.1) is 17.6 Å². The molecule has 1 amide bonds. The molecule has 14 heteroatoms. The molecule has 1 aliphatic rings. The van der Waals surface area contributed by atoms with Crippen molar-refractivity contribution in [3.63, 3.8) is 0 Å². The SMILES string of the molecule is O=C(O)N1CC[C@@H](c2ccc(Cl)cc2)[C@H](COc2cc(F)c(S(=O)(=O)Nc3ncns3)cc2F)C1. The van der Waals surface area contributed by atoms with Gasteiger partial charge >= 0.3 is 6.09 Å². The van der Waals surface area contributed by atoms with Crippen LogP contribution in [-0.2, 0) is 10.0 Å². The van der Waals surface area contributed by atoms with Crippen LogP contribution in [0.1, 0.15) is 17.9 Å². The summed E-state index contributed by atoms with van der Waals surface area (Å²) in [6.45, 7) is 0.323. The molecular weight excluding hydrogens is 526 g/mol. The molecule has 1 aliphatic heterocycles. The third kappa shape index (κ3) is 5.80. The Hall–Kier alpha value is -3.03. The van der Waals surface area contributed by atoms with Crippen molar-refractivity contribution in [3.05, 3.63) is 64.9 Å². The summed E-state index contributed by atoms with van der Waals surface area (Å²) in [4.78, 5) is 15.5. The van der Waals surface area contributed by atoms with Gasteiger partial charge in [0.1, 0.15) is 17.0 Å². The number of ether oxygens (including phenoxy) is 1. The number of benzene rings is 2. The van der Waals surface area contributed by atoms with E-state index in [1.165, 1.54) is 4.90 Å². The van der Waals surface area contributed by atoms with E-state index in [4.69, 9.17) is 16.3 Å². The molecule has 9 nitrogen and oxygen atoms in total. The van der Waals surface area contributed by atoms with Crippen molar-refractivity contribution >= 4 is 44.4 Å². The molecule has 2 aromatic carbocycles. The molecule has 3 aromatic rings. The number of anilines is 1. The number of halogens is 3. The number of hydrogen-bond acceptors (Lipinski definition) is 7. The fourth-order valence-electron chi connectivity index (χ4n) is 3.94. The summed E-state index contributed by atoms with van der Waals surface area (Å²) in [5.74, 6) is -3.27. The molecule has 0 unspecified atom stereocenters. The van der Waals surface area contributed by atoms with Crippen LogP contribution in [0.25, 0.3) is 0 Å². The molecule has 4 rings (SSSR count). The largest absolute Gasteiger partial charge is 0.490 e. The zero-order valence-corrected chi connectivity index (χ0v) is 20.3. The first-order valence-electron chi connectivity index (χ1n) is 10.3. The Labute approximate surface area is 208 Å². The summed E-state index contributed by atoms with van der Waals surface area (Å²) < 4.78 is 65.5. The van der Waals surface area contributed by atoms with Gasteiger partial charge in [-0.3, -0.25) is 4.72 Å². The van der Waals surface area contributed by atoms with Gasteiger partial charge in [0, 0.05) is 47.7 Å². The molecule has 0 spiro atoms. The lowest BCUT2D eigenvalue weighted by Gasteiger charge is -2.37. The topological polar surface area (TPSA) is 122 Å². The van der Waals surface area contributed by atoms with E-state index < -0.39 is 38.4 Å².